The first-order chi connectivity index (χ1) is 9.06. The Morgan fingerprint density at radius 1 is 1.53 bits per heavy atom. The standard InChI is InChI=1S/C14H18N2O2S/c1-10(2)16-8-11-4-5-13(12(6-11)7-15)19-9-14(17)18-3/h4-6,10,16H,8-9H2,1-3H3. The van der Waals surface area contributed by atoms with Gasteiger partial charge in [-0.2, -0.15) is 5.26 Å². The van der Waals surface area contributed by atoms with E-state index in [4.69, 9.17) is 5.26 Å². The van der Waals surface area contributed by atoms with Gasteiger partial charge in [0.15, 0.2) is 0 Å². The summed E-state index contributed by atoms with van der Waals surface area (Å²) in [6.07, 6.45) is 0. The second-order valence-corrected chi connectivity index (χ2v) is 5.36. The molecule has 0 aromatic heterocycles. The van der Waals surface area contributed by atoms with Crippen molar-refractivity contribution in [2.75, 3.05) is 12.9 Å². The Balaban J connectivity index is 2.73. The number of carbonyl (C=O) groups is 1. The number of benzene rings is 1. The lowest BCUT2D eigenvalue weighted by Crippen LogP contribution is -2.21. The molecule has 1 rings (SSSR count). The van der Waals surface area contributed by atoms with Gasteiger partial charge in [-0.05, 0) is 17.7 Å². The molecular weight excluding hydrogens is 260 g/mol. The van der Waals surface area contributed by atoms with E-state index >= 15 is 0 Å². The molecular formula is C14H18N2O2S. The van der Waals surface area contributed by atoms with E-state index < -0.39 is 0 Å². The highest BCUT2D eigenvalue weighted by Crippen LogP contribution is 2.23. The monoisotopic (exact) mass is 278 g/mol. The van der Waals surface area contributed by atoms with Crippen molar-refractivity contribution in [2.45, 2.75) is 31.3 Å². The van der Waals surface area contributed by atoms with Gasteiger partial charge in [0.1, 0.15) is 6.07 Å². The van der Waals surface area contributed by atoms with Crippen molar-refractivity contribution in [1.82, 2.24) is 5.32 Å². The number of ether oxygens (including phenoxy) is 1. The van der Waals surface area contributed by atoms with E-state index in [1.165, 1.54) is 18.9 Å². The van der Waals surface area contributed by atoms with Crippen molar-refractivity contribution in [1.29, 1.82) is 5.26 Å². The predicted octanol–water partition coefficient (Wildman–Crippen LogP) is 2.32. The van der Waals surface area contributed by atoms with Crippen LogP contribution in [0.4, 0.5) is 0 Å². The van der Waals surface area contributed by atoms with Crippen molar-refractivity contribution in [3.05, 3.63) is 29.3 Å². The maximum absolute atomic E-state index is 11.1. The zero-order valence-electron chi connectivity index (χ0n) is 11.4. The average molecular weight is 278 g/mol. The van der Waals surface area contributed by atoms with Crippen LogP contribution in [0.1, 0.15) is 25.0 Å². The van der Waals surface area contributed by atoms with Crippen LogP contribution in [-0.2, 0) is 16.1 Å². The molecule has 0 aliphatic carbocycles. The Hall–Kier alpha value is -1.51. The second-order valence-electron chi connectivity index (χ2n) is 4.34. The van der Waals surface area contributed by atoms with Crippen molar-refractivity contribution in [3.8, 4) is 6.07 Å². The second kappa shape index (κ2) is 7.82. The predicted molar refractivity (Wildman–Crippen MR) is 75.9 cm³/mol. The zero-order chi connectivity index (χ0) is 14.3. The number of methoxy groups -OCH3 is 1. The number of esters is 1. The third kappa shape index (κ3) is 5.33. The maximum atomic E-state index is 11.1. The van der Waals surface area contributed by atoms with Crippen molar-refractivity contribution in [2.24, 2.45) is 0 Å². The Morgan fingerprint density at radius 3 is 2.84 bits per heavy atom. The summed E-state index contributed by atoms with van der Waals surface area (Å²) >= 11 is 1.32. The molecule has 4 nitrogen and oxygen atoms in total. The number of nitrogens with zero attached hydrogens (tertiary/aromatic N) is 1. The van der Waals surface area contributed by atoms with Crippen molar-refractivity contribution in [3.63, 3.8) is 0 Å². The van der Waals surface area contributed by atoms with Crippen LogP contribution in [-0.4, -0.2) is 24.9 Å². The van der Waals surface area contributed by atoms with Crippen LogP contribution in [0.15, 0.2) is 23.1 Å². The molecule has 0 saturated carbocycles. The fourth-order valence-electron chi connectivity index (χ4n) is 1.42. The van der Waals surface area contributed by atoms with Gasteiger partial charge in [0, 0.05) is 17.5 Å². The van der Waals surface area contributed by atoms with Crippen LogP contribution < -0.4 is 5.32 Å². The fraction of sp³-hybridized carbons (Fsp3) is 0.429. The minimum atomic E-state index is -0.292. The molecule has 102 valence electrons. The molecule has 0 amide bonds. The summed E-state index contributed by atoms with van der Waals surface area (Å²) in [4.78, 5) is 11.9. The Bertz CT molecular complexity index is 481. The van der Waals surface area contributed by atoms with Gasteiger partial charge < -0.3 is 10.1 Å². The third-order valence-electron chi connectivity index (χ3n) is 2.45. The smallest absolute Gasteiger partial charge is 0.315 e. The lowest BCUT2D eigenvalue weighted by Gasteiger charge is -2.10. The Labute approximate surface area is 118 Å². The molecule has 19 heavy (non-hydrogen) atoms. The quantitative estimate of drug-likeness (QED) is 0.639. The highest BCUT2D eigenvalue weighted by Gasteiger charge is 2.08. The van der Waals surface area contributed by atoms with Crippen LogP contribution in [0.3, 0.4) is 0 Å². The minimum absolute atomic E-state index is 0.217. The van der Waals surface area contributed by atoms with E-state index in [1.54, 1.807) is 0 Å². The molecule has 1 aromatic carbocycles. The summed E-state index contributed by atoms with van der Waals surface area (Å²) in [6.45, 7) is 4.88. The lowest BCUT2D eigenvalue weighted by atomic mass is 10.1. The molecule has 0 unspecified atom stereocenters. The van der Waals surface area contributed by atoms with Crippen LogP contribution in [0, 0.1) is 11.3 Å². The first kappa shape index (κ1) is 15.5. The lowest BCUT2D eigenvalue weighted by molar-refractivity contribution is -0.137. The van der Waals surface area contributed by atoms with Crippen molar-refractivity contribution >= 4 is 17.7 Å². The van der Waals surface area contributed by atoms with Crippen LogP contribution >= 0.6 is 11.8 Å². The number of nitrogens with one attached hydrogen (secondary N) is 1. The molecule has 1 N–H and O–H groups in total. The maximum Gasteiger partial charge on any atom is 0.315 e. The van der Waals surface area contributed by atoms with Gasteiger partial charge >= 0.3 is 5.97 Å². The van der Waals surface area contributed by atoms with E-state index in [-0.39, 0.29) is 11.7 Å². The fourth-order valence-corrected chi connectivity index (χ4v) is 2.23. The van der Waals surface area contributed by atoms with E-state index in [0.29, 0.717) is 11.6 Å². The summed E-state index contributed by atoms with van der Waals surface area (Å²) < 4.78 is 4.58. The van der Waals surface area contributed by atoms with Gasteiger partial charge in [0.2, 0.25) is 0 Å². The normalized spacial score (nSPS) is 10.3. The molecule has 0 saturated heterocycles. The number of carbonyl (C=O) groups excluding carboxylic acids is 1. The van der Waals surface area contributed by atoms with E-state index in [2.05, 4.69) is 30.0 Å². The summed E-state index contributed by atoms with van der Waals surface area (Å²) in [5, 5.41) is 12.4. The van der Waals surface area contributed by atoms with E-state index in [1.807, 2.05) is 18.2 Å². The molecule has 0 fully saturated rings. The molecule has 1 aromatic rings. The van der Waals surface area contributed by atoms with Crippen LogP contribution in [0.5, 0.6) is 0 Å². The van der Waals surface area contributed by atoms with Gasteiger partial charge in [-0.3, -0.25) is 4.79 Å². The molecule has 0 aliphatic rings. The topological polar surface area (TPSA) is 62.1 Å². The molecule has 0 atom stereocenters. The number of thioether (sulfide) groups is 1. The molecule has 0 bridgehead atoms. The number of rotatable bonds is 6. The molecule has 0 aliphatic heterocycles. The summed E-state index contributed by atoms with van der Waals surface area (Å²) in [5.74, 6) is -0.0752. The average Bonchev–Trinajstić information content (AvgIpc) is 2.42. The molecule has 0 heterocycles. The number of nitriles is 1. The first-order valence-electron chi connectivity index (χ1n) is 6.02. The third-order valence-corrected chi connectivity index (χ3v) is 3.50. The van der Waals surface area contributed by atoms with E-state index in [0.717, 1.165) is 17.0 Å². The Kier molecular flexibility index (Phi) is 6.40. The van der Waals surface area contributed by atoms with Gasteiger partial charge in [0.25, 0.3) is 0 Å². The minimum Gasteiger partial charge on any atom is -0.468 e. The molecule has 5 heteroatoms. The molecule has 0 radical (unpaired) electrons. The SMILES string of the molecule is COC(=O)CSc1ccc(CNC(C)C)cc1C#N. The van der Waals surface area contributed by atoms with Crippen LogP contribution in [0.2, 0.25) is 0 Å². The van der Waals surface area contributed by atoms with Gasteiger partial charge in [0.05, 0.1) is 18.4 Å². The zero-order valence-corrected chi connectivity index (χ0v) is 12.2. The Morgan fingerprint density at radius 2 is 2.26 bits per heavy atom. The van der Waals surface area contributed by atoms with Gasteiger partial charge in [-0.15, -0.1) is 11.8 Å². The summed E-state index contributed by atoms with van der Waals surface area (Å²) in [6, 6.07) is 8.27. The van der Waals surface area contributed by atoms with Gasteiger partial charge in [-0.25, -0.2) is 0 Å². The highest BCUT2D eigenvalue weighted by molar-refractivity contribution is 8.00. The number of hydrogen-bond donors (Lipinski definition) is 1. The summed E-state index contributed by atoms with van der Waals surface area (Å²) in [5.41, 5.74) is 1.66. The molecule has 0 spiro atoms. The highest BCUT2D eigenvalue weighted by atomic mass is 32.2. The largest absolute Gasteiger partial charge is 0.468 e. The van der Waals surface area contributed by atoms with E-state index in [9.17, 15) is 4.79 Å². The summed E-state index contributed by atoms with van der Waals surface area (Å²) in [7, 11) is 1.36. The number of hydrogen-bond acceptors (Lipinski definition) is 5. The first-order valence-corrected chi connectivity index (χ1v) is 7.01. The van der Waals surface area contributed by atoms with Crippen LogP contribution in [0.25, 0.3) is 0 Å². The van der Waals surface area contributed by atoms with Gasteiger partial charge in [-0.1, -0.05) is 19.9 Å². The van der Waals surface area contributed by atoms with Crippen molar-refractivity contribution < 1.29 is 9.53 Å².